The second kappa shape index (κ2) is 25.5. The molecule has 0 radical (unpaired) electrons. The summed E-state index contributed by atoms with van der Waals surface area (Å²) in [5, 5.41) is 13.6. The van der Waals surface area contributed by atoms with Crippen LogP contribution < -0.4 is 0 Å². The van der Waals surface area contributed by atoms with Gasteiger partial charge < -0.3 is 8.83 Å². The number of para-hydroxylation sites is 2. The van der Waals surface area contributed by atoms with Crippen molar-refractivity contribution in [2.24, 2.45) is 0 Å². The lowest BCUT2D eigenvalue weighted by Gasteiger charge is -2.22. The van der Waals surface area contributed by atoms with Gasteiger partial charge in [0, 0.05) is 32.7 Å². The van der Waals surface area contributed by atoms with Crippen molar-refractivity contribution in [2.75, 3.05) is 0 Å². The molecule has 20 aromatic rings. The molecule has 0 amide bonds. The van der Waals surface area contributed by atoms with Crippen LogP contribution in [0.2, 0.25) is 0 Å². The van der Waals surface area contributed by atoms with Gasteiger partial charge in [-0.25, -0.2) is 0 Å². The van der Waals surface area contributed by atoms with Gasteiger partial charge in [-0.1, -0.05) is 333 Å². The van der Waals surface area contributed by atoms with E-state index in [0.29, 0.717) is 11.1 Å². The van der Waals surface area contributed by atoms with Gasteiger partial charge in [-0.15, -0.1) is 0 Å². The van der Waals surface area contributed by atoms with Crippen molar-refractivity contribution in [1.29, 1.82) is 0 Å². The fraction of sp³-hybridized carbons (Fsp3) is 0.0392. The van der Waals surface area contributed by atoms with Crippen LogP contribution in [0.25, 0.3) is 198 Å². The van der Waals surface area contributed by atoms with Crippen molar-refractivity contribution in [2.45, 2.75) is 25.7 Å². The minimum Gasteiger partial charge on any atom is -0.456 e. The summed E-state index contributed by atoms with van der Waals surface area (Å²) < 4.78 is 99.8. The Kier molecular flexibility index (Phi) is 12.5. The molecule has 0 N–H and O–H groups in total. The van der Waals surface area contributed by atoms with Gasteiger partial charge >= 0.3 is 0 Å². The average molecular weight is 1340 g/mol. The zero-order chi connectivity index (χ0) is 77.3. The third kappa shape index (κ3) is 10.2. The molecule has 2 aromatic heterocycles. The van der Waals surface area contributed by atoms with Crippen LogP contribution in [-0.4, -0.2) is 0 Å². The van der Waals surface area contributed by atoms with Gasteiger partial charge in [-0.2, -0.15) is 0 Å². The predicted octanol–water partition coefficient (Wildman–Crippen LogP) is 28.8. The lowest BCUT2D eigenvalue weighted by Crippen LogP contribution is -2.04. The van der Waals surface area contributed by atoms with Crippen LogP contribution in [0, 0.1) is 0 Å². The van der Waals surface area contributed by atoms with E-state index < -0.39 is 12.1 Å². The summed E-state index contributed by atoms with van der Waals surface area (Å²) in [6.45, 7) is 0. The smallest absolute Gasteiger partial charge is 0.143 e. The fourth-order valence-electron chi connectivity index (χ4n) is 16.9. The summed E-state index contributed by atoms with van der Waals surface area (Å²) in [5.41, 5.74) is 23.3. The van der Waals surface area contributed by atoms with E-state index in [2.05, 4.69) is 206 Å². The number of hydrogen-bond donors (Lipinski definition) is 0. The molecule has 0 unspecified atom stereocenters. The average Bonchev–Trinajstić information content (AvgIpc) is 1.37. The molecule has 0 spiro atoms. The summed E-state index contributed by atoms with van der Waals surface area (Å²) >= 11 is 0. The predicted molar refractivity (Wildman–Crippen MR) is 441 cm³/mol. The molecule has 104 heavy (non-hydrogen) atoms. The van der Waals surface area contributed by atoms with Crippen LogP contribution in [0.5, 0.6) is 0 Å². The van der Waals surface area contributed by atoms with Gasteiger partial charge in [0.1, 0.15) is 22.3 Å². The quantitative estimate of drug-likeness (QED) is 0.135. The molecule has 2 heteroatoms. The van der Waals surface area contributed by atoms with Crippen molar-refractivity contribution < 1.29 is 22.5 Å². The van der Waals surface area contributed by atoms with Gasteiger partial charge in [0.15, 0.2) is 0 Å². The SMILES string of the molecule is [2H]c1c([2H])c([2H])c(-c2c3ccccc3c(-c3ccc(-c4cc(-c5ccccc5)cc5oc6ccccc6c45)c4ccccc34)c3ccccc23)c([2H])c1[2H].[2H]c1c([2H])c([2H])c(-c2c3ccccc3c(-c3cccc(-c4ccc5oc6c(-c7ccccc7)cccc6c5c4-c4cccc5c4CCCC5)c3)c3ccccc23)c([2H])c1[2H]. The Bertz CT molecular complexity index is 7250. The van der Waals surface area contributed by atoms with E-state index >= 15 is 0 Å². The Labute approximate surface area is 617 Å². The largest absolute Gasteiger partial charge is 0.456 e. The highest BCUT2D eigenvalue weighted by atomic mass is 16.3. The van der Waals surface area contributed by atoms with Crippen LogP contribution in [-0.2, 0) is 12.8 Å². The van der Waals surface area contributed by atoms with Crippen LogP contribution in [0.3, 0.4) is 0 Å². The van der Waals surface area contributed by atoms with Gasteiger partial charge in [-0.05, 0) is 210 Å². The van der Waals surface area contributed by atoms with Crippen LogP contribution in [0.15, 0.2) is 373 Å². The normalized spacial score (nSPS) is 13.6. The molecule has 0 fully saturated rings. The Morgan fingerprint density at radius 3 is 1.31 bits per heavy atom. The van der Waals surface area contributed by atoms with Gasteiger partial charge in [0.05, 0.1) is 13.7 Å². The van der Waals surface area contributed by atoms with Crippen molar-refractivity contribution >= 4 is 97.7 Å². The molecule has 0 bridgehead atoms. The molecule has 0 atom stereocenters. The number of fused-ring (bicyclic) bond motifs is 12. The Morgan fingerprint density at radius 1 is 0.221 bits per heavy atom. The monoisotopic (exact) mass is 1330 g/mol. The Balaban J connectivity index is 0.000000149. The van der Waals surface area contributed by atoms with Crippen LogP contribution in [0.4, 0.5) is 0 Å². The van der Waals surface area contributed by atoms with Crippen LogP contribution >= 0.6 is 0 Å². The molecule has 2 heterocycles. The summed E-state index contributed by atoms with van der Waals surface area (Å²) in [6.07, 6.45) is 4.47. The topological polar surface area (TPSA) is 26.3 Å². The molecule has 488 valence electrons. The lowest BCUT2D eigenvalue weighted by atomic mass is 9.81. The number of hydrogen-bond acceptors (Lipinski definition) is 2. The first-order chi connectivity index (χ1) is 55.8. The Morgan fingerprint density at radius 2 is 0.683 bits per heavy atom. The van der Waals surface area contributed by atoms with E-state index in [1.54, 1.807) is 0 Å². The van der Waals surface area contributed by atoms with Gasteiger partial charge in [-0.3, -0.25) is 0 Å². The van der Waals surface area contributed by atoms with Crippen molar-refractivity contribution in [1.82, 2.24) is 0 Å². The van der Waals surface area contributed by atoms with E-state index in [1.165, 1.54) is 28.7 Å². The highest BCUT2D eigenvalue weighted by Crippen LogP contribution is 2.52. The number of aryl methyl sites for hydroxylation is 1. The van der Waals surface area contributed by atoms with E-state index in [-0.39, 0.29) is 59.5 Å². The van der Waals surface area contributed by atoms with E-state index in [0.717, 1.165) is 184 Å². The first-order valence-electron chi connectivity index (χ1n) is 40.6. The molecule has 0 saturated heterocycles. The lowest BCUT2D eigenvalue weighted by molar-refractivity contribution is 0.669. The maximum absolute atomic E-state index is 8.99. The number of rotatable bonds is 9. The second-order valence-electron chi connectivity index (χ2n) is 27.0. The summed E-state index contributed by atoms with van der Waals surface area (Å²) in [6, 6.07) is 102. The first-order valence-corrected chi connectivity index (χ1v) is 35.6. The van der Waals surface area contributed by atoms with Crippen molar-refractivity contribution in [3.63, 3.8) is 0 Å². The first kappa shape index (κ1) is 51.1. The molecule has 18 aromatic carbocycles. The maximum atomic E-state index is 8.99. The number of furan rings is 2. The standard InChI is InChI=1S/C54H38O.C48H30O/c1-3-16-36(17-4-1)42-29-15-31-48-53-49(55-54(42)48)33-32-41(52(53)43-30-14-21-35-18-7-8-24-40(35)43)38-22-13-23-39(34-38)51-46-27-11-9-25-44(46)50(37-19-5-2-6-20-37)45-26-10-12-28-47(45)51;1-3-15-31(16-4-1)33-29-43(48-42-25-13-14-26-44(42)49-45(48)30-33)36-27-28-41(35-20-8-7-19-34(35)36)47-39-23-11-9-21-37(39)46(32-17-5-2-6-18-32)38-22-10-12-24-40(38)47/h1-6,9-17,19-23,25-34H,7-8,18,24H2;1-30H/i2D,5D,6D,19D,20D;2D,5D,6D,17D,18D. The third-order valence-electron chi connectivity index (χ3n) is 21.3. The second-order valence-corrected chi connectivity index (χ2v) is 27.0. The molecule has 0 saturated carbocycles. The zero-order valence-corrected chi connectivity index (χ0v) is 56.5. The highest BCUT2D eigenvalue weighted by molar-refractivity contribution is 6.26. The molecular formula is C102H68O2. The highest BCUT2D eigenvalue weighted by Gasteiger charge is 2.26. The third-order valence-corrected chi connectivity index (χ3v) is 21.3. The van der Waals surface area contributed by atoms with E-state index in [9.17, 15) is 0 Å². The zero-order valence-electron chi connectivity index (χ0n) is 66.5. The summed E-state index contributed by atoms with van der Waals surface area (Å²) in [7, 11) is 0. The molecule has 2 nitrogen and oxygen atoms in total. The van der Waals surface area contributed by atoms with Crippen LogP contribution in [0.1, 0.15) is 37.7 Å². The summed E-state index contributed by atoms with van der Waals surface area (Å²) in [4.78, 5) is 0. The van der Waals surface area contributed by atoms with E-state index in [4.69, 9.17) is 22.5 Å². The molecule has 21 rings (SSSR count). The summed E-state index contributed by atoms with van der Waals surface area (Å²) in [5.74, 6) is 0. The molecule has 1 aliphatic rings. The minimum atomic E-state index is -0.402. The maximum Gasteiger partial charge on any atom is 0.143 e. The molecular weight excluding hydrogens is 1260 g/mol. The Hall–Kier alpha value is -13.1. The van der Waals surface area contributed by atoms with Gasteiger partial charge in [0.2, 0.25) is 0 Å². The molecule has 1 aliphatic carbocycles. The van der Waals surface area contributed by atoms with E-state index in [1.807, 2.05) is 97.1 Å². The fourth-order valence-corrected chi connectivity index (χ4v) is 16.9. The number of benzene rings is 18. The van der Waals surface area contributed by atoms with Gasteiger partial charge in [0.25, 0.3) is 0 Å². The molecule has 0 aliphatic heterocycles. The van der Waals surface area contributed by atoms with Crippen molar-refractivity contribution in [3.05, 3.63) is 375 Å². The minimum absolute atomic E-state index is 0.204. The van der Waals surface area contributed by atoms with Crippen molar-refractivity contribution in [3.8, 4) is 100 Å².